The third-order valence-electron chi connectivity index (χ3n) is 2.08. The van der Waals surface area contributed by atoms with Crippen molar-refractivity contribution in [2.75, 3.05) is 13.2 Å². The van der Waals surface area contributed by atoms with Gasteiger partial charge in [0.1, 0.15) is 18.3 Å². The molecule has 0 heterocycles. The highest BCUT2D eigenvalue weighted by atomic mass is 79.9. The predicted octanol–water partition coefficient (Wildman–Crippen LogP) is 3.62. The van der Waals surface area contributed by atoms with E-state index in [1.807, 2.05) is 0 Å². The Bertz CT molecular complexity index is 386. The monoisotopic (exact) mass is 331 g/mol. The molecule has 0 radical (unpaired) electrons. The fourth-order valence-electron chi connectivity index (χ4n) is 1.07. The van der Waals surface area contributed by atoms with E-state index in [0.29, 0.717) is 4.47 Å². The molecular weight excluding hydrogens is 322 g/mol. The summed E-state index contributed by atoms with van der Waals surface area (Å²) >= 11 is 8.95. The van der Waals surface area contributed by atoms with Crippen LogP contribution in [0.3, 0.4) is 0 Å². The van der Waals surface area contributed by atoms with E-state index in [4.69, 9.17) is 22.1 Å². The molecule has 1 unspecified atom stereocenters. The molecule has 0 aliphatic rings. The van der Waals surface area contributed by atoms with E-state index in [2.05, 4.69) is 15.9 Å². The highest BCUT2D eigenvalue weighted by Gasteiger charge is 2.39. The standard InChI is InChI=1S/C10H10BrClF3NO/c11-7-1-2-8(12)9(3-7)17-5-6(4-16)10(13,14)15/h1-3,6H,4-5,16H2. The maximum atomic E-state index is 12.4. The van der Waals surface area contributed by atoms with Crippen molar-refractivity contribution in [1.82, 2.24) is 0 Å². The van der Waals surface area contributed by atoms with Gasteiger partial charge in [0, 0.05) is 11.0 Å². The van der Waals surface area contributed by atoms with Crippen molar-refractivity contribution in [3.8, 4) is 5.75 Å². The first-order valence-corrected chi connectivity index (χ1v) is 5.86. The largest absolute Gasteiger partial charge is 0.491 e. The molecule has 1 atom stereocenters. The van der Waals surface area contributed by atoms with Gasteiger partial charge in [0.15, 0.2) is 0 Å². The Kier molecular flexibility index (Phi) is 5.09. The number of benzene rings is 1. The van der Waals surface area contributed by atoms with Crippen LogP contribution in [0.25, 0.3) is 0 Å². The van der Waals surface area contributed by atoms with Crippen LogP contribution in [0, 0.1) is 5.92 Å². The van der Waals surface area contributed by atoms with Gasteiger partial charge >= 0.3 is 6.18 Å². The Hall–Kier alpha value is -0.460. The molecule has 7 heteroatoms. The molecule has 0 fully saturated rings. The molecule has 0 saturated heterocycles. The van der Waals surface area contributed by atoms with Crippen LogP contribution in [0.5, 0.6) is 5.75 Å². The van der Waals surface area contributed by atoms with Gasteiger partial charge in [-0.25, -0.2) is 0 Å². The summed E-state index contributed by atoms with van der Waals surface area (Å²) in [5.74, 6) is -1.50. The van der Waals surface area contributed by atoms with Crippen molar-refractivity contribution in [3.05, 3.63) is 27.7 Å². The summed E-state index contributed by atoms with van der Waals surface area (Å²) in [6.07, 6.45) is -4.37. The minimum absolute atomic E-state index is 0.198. The molecule has 2 nitrogen and oxygen atoms in total. The van der Waals surface area contributed by atoms with E-state index in [0.717, 1.165) is 0 Å². The Morgan fingerprint density at radius 1 is 1.41 bits per heavy atom. The molecule has 0 saturated carbocycles. The smallest absolute Gasteiger partial charge is 0.396 e. The topological polar surface area (TPSA) is 35.2 Å². The highest BCUT2D eigenvalue weighted by Crippen LogP contribution is 2.30. The number of ether oxygens (including phenoxy) is 1. The molecule has 0 bridgehead atoms. The van der Waals surface area contributed by atoms with Crippen LogP contribution in [-0.4, -0.2) is 19.3 Å². The van der Waals surface area contributed by atoms with Crippen LogP contribution in [0.15, 0.2) is 22.7 Å². The van der Waals surface area contributed by atoms with Crippen molar-refractivity contribution in [3.63, 3.8) is 0 Å². The summed E-state index contributed by atoms with van der Waals surface area (Å²) in [4.78, 5) is 0. The summed E-state index contributed by atoms with van der Waals surface area (Å²) in [6.45, 7) is -1.06. The molecule has 0 aliphatic heterocycles. The van der Waals surface area contributed by atoms with Crippen LogP contribution >= 0.6 is 27.5 Å². The second-order valence-corrected chi connectivity index (χ2v) is 4.68. The van der Waals surface area contributed by atoms with E-state index >= 15 is 0 Å². The van der Waals surface area contributed by atoms with Crippen molar-refractivity contribution in [2.45, 2.75) is 6.18 Å². The Morgan fingerprint density at radius 2 is 2.06 bits per heavy atom. The molecule has 1 aromatic rings. The molecule has 96 valence electrons. The number of nitrogens with two attached hydrogens (primary N) is 1. The molecule has 1 aromatic carbocycles. The normalized spacial score (nSPS) is 13.5. The van der Waals surface area contributed by atoms with Crippen molar-refractivity contribution in [1.29, 1.82) is 0 Å². The summed E-state index contributed by atoms with van der Waals surface area (Å²) in [6, 6.07) is 4.71. The van der Waals surface area contributed by atoms with Gasteiger partial charge < -0.3 is 10.5 Å². The molecule has 0 aliphatic carbocycles. The molecule has 17 heavy (non-hydrogen) atoms. The third kappa shape index (κ3) is 4.37. The molecular formula is C10H10BrClF3NO. The first kappa shape index (κ1) is 14.6. The number of hydrogen-bond donors (Lipinski definition) is 1. The van der Waals surface area contributed by atoms with Crippen LogP contribution in [-0.2, 0) is 0 Å². The maximum absolute atomic E-state index is 12.4. The summed E-state index contributed by atoms with van der Waals surface area (Å²) < 4.78 is 42.9. The third-order valence-corrected chi connectivity index (χ3v) is 2.89. The number of rotatable bonds is 4. The second kappa shape index (κ2) is 5.93. The molecule has 1 rings (SSSR count). The van der Waals surface area contributed by atoms with Gasteiger partial charge in [-0.05, 0) is 18.2 Å². The quantitative estimate of drug-likeness (QED) is 0.914. The van der Waals surface area contributed by atoms with Gasteiger partial charge in [-0.3, -0.25) is 0 Å². The molecule has 0 spiro atoms. The average molecular weight is 333 g/mol. The number of alkyl halides is 3. The SMILES string of the molecule is NCC(COc1cc(Br)ccc1Cl)C(F)(F)F. The van der Waals surface area contributed by atoms with Gasteiger partial charge in [0.2, 0.25) is 0 Å². The molecule has 2 N–H and O–H groups in total. The van der Waals surface area contributed by atoms with Gasteiger partial charge in [-0.1, -0.05) is 27.5 Å². The van der Waals surface area contributed by atoms with Crippen molar-refractivity contribution < 1.29 is 17.9 Å². The van der Waals surface area contributed by atoms with E-state index in [-0.39, 0.29) is 10.8 Å². The van der Waals surface area contributed by atoms with Gasteiger partial charge in [-0.15, -0.1) is 0 Å². The molecule has 0 aromatic heterocycles. The summed E-state index contributed by atoms with van der Waals surface area (Å²) in [5.41, 5.74) is 5.05. The zero-order valence-electron chi connectivity index (χ0n) is 8.60. The van der Waals surface area contributed by atoms with Crippen molar-refractivity contribution in [2.24, 2.45) is 11.7 Å². The molecule has 0 amide bonds. The van der Waals surface area contributed by atoms with E-state index < -0.39 is 25.2 Å². The van der Waals surface area contributed by atoms with Crippen LogP contribution in [0.1, 0.15) is 0 Å². The van der Waals surface area contributed by atoms with Crippen LogP contribution in [0.2, 0.25) is 5.02 Å². The number of halogens is 5. The predicted molar refractivity (Wildman–Crippen MR) is 63.2 cm³/mol. The lowest BCUT2D eigenvalue weighted by Crippen LogP contribution is -2.35. The lowest BCUT2D eigenvalue weighted by atomic mass is 10.1. The minimum Gasteiger partial charge on any atom is -0.491 e. The summed E-state index contributed by atoms with van der Waals surface area (Å²) in [5, 5.41) is 0.256. The van der Waals surface area contributed by atoms with Gasteiger partial charge in [0.05, 0.1) is 5.02 Å². The Morgan fingerprint density at radius 3 is 2.59 bits per heavy atom. The second-order valence-electron chi connectivity index (χ2n) is 3.36. The zero-order chi connectivity index (χ0) is 13.1. The minimum atomic E-state index is -4.37. The van der Waals surface area contributed by atoms with Crippen LogP contribution in [0.4, 0.5) is 13.2 Å². The Labute approximate surface area is 110 Å². The maximum Gasteiger partial charge on any atom is 0.396 e. The fourth-order valence-corrected chi connectivity index (χ4v) is 1.59. The van der Waals surface area contributed by atoms with E-state index in [1.54, 1.807) is 6.07 Å². The average Bonchev–Trinajstić information content (AvgIpc) is 2.22. The van der Waals surface area contributed by atoms with Gasteiger partial charge in [0.25, 0.3) is 0 Å². The van der Waals surface area contributed by atoms with E-state index in [9.17, 15) is 13.2 Å². The van der Waals surface area contributed by atoms with E-state index in [1.165, 1.54) is 12.1 Å². The summed E-state index contributed by atoms with van der Waals surface area (Å²) in [7, 11) is 0. The number of hydrogen-bond acceptors (Lipinski definition) is 2. The lowest BCUT2D eigenvalue weighted by molar-refractivity contribution is -0.178. The Balaban J connectivity index is 2.69. The lowest BCUT2D eigenvalue weighted by Gasteiger charge is -2.19. The van der Waals surface area contributed by atoms with Gasteiger partial charge in [-0.2, -0.15) is 13.2 Å². The first-order chi connectivity index (χ1) is 7.84. The first-order valence-electron chi connectivity index (χ1n) is 4.69. The highest BCUT2D eigenvalue weighted by molar-refractivity contribution is 9.10. The van der Waals surface area contributed by atoms with Crippen molar-refractivity contribution >= 4 is 27.5 Å². The fraction of sp³-hybridized carbons (Fsp3) is 0.400. The zero-order valence-corrected chi connectivity index (χ0v) is 10.9. The van der Waals surface area contributed by atoms with Crippen LogP contribution < -0.4 is 10.5 Å².